The third-order valence-electron chi connectivity index (χ3n) is 13.8. The van der Waals surface area contributed by atoms with Crippen LogP contribution in [0.15, 0.2) is 169 Å². The summed E-state index contributed by atoms with van der Waals surface area (Å²) in [5.41, 5.74) is 18.3. The van der Waals surface area contributed by atoms with Gasteiger partial charge in [0.2, 0.25) is 0 Å². The lowest BCUT2D eigenvalue weighted by molar-refractivity contribution is 0.544. The van der Waals surface area contributed by atoms with E-state index in [1.54, 1.807) is 0 Å². The number of hydrogen-bond acceptors (Lipinski definition) is 4. The first kappa shape index (κ1) is 50.3. The molecule has 8 aromatic rings. The van der Waals surface area contributed by atoms with E-state index < -0.39 is 0 Å². The van der Waals surface area contributed by atoms with Gasteiger partial charge in [-0.1, -0.05) is 186 Å². The number of rotatable bonds is 19. The van der Waals surface area contributed by atoms with Crippen molar-refractivity contribution in [2.24, 2.45) is 10.2 Å². The maximum absolute atomic E-state index is 5.48. The van der Waals surface area contributed by atoms with Crippen LogP contribution in [0.3, 0.4) is 0 Å². The second-order valence-corrected chi connectivity index (χ2v) is 21.8. The minimum atomic E-state index is 0.776. The number of nitrogens with one attached hydrogen (secondary N) is 2. The van der Waals surface area contributed by atoms with Gasteiger partial charge in [-0.15, -0.1) is 0 Å². The van der Waals surface area contributed by atoms with Gasteiger partial charge in [-0.2, -0.15) is 10.2 Å². The number of halogens is 3. The van der Waals surface area contributed by atoms with Crippen LogP contribution in [0.5, 0.6) is 0 Å². The second-order valence-electron chi connectivity index (χ2n) is 19.1. The summed E-state index contributed by atoms with van der Waals surface area (Å²) in [5, 5.41) is 9.33. The minimum absolute atomic E-state index is 0.776. The van der Waals surface area contributed by atoms with Crippen molar-refractivity contribution in [3.8, 4) is 44.5 Å². The van der Waals surface area contributed by atoms with Crippen molar-refractivity contribution in [3.05, 3.63) is 187 Å². The highest BCUT2D eigenvalue weighted by atomic mass is 79.9. The molecule has 2 N–H and O–H groups in total. The molecule has 6 nitrogen and oxygen atoms in total. The first-order chi connectivity index (χ1) is 35.9. The Bertz CT molecular complexity index is 3400. The molecule has 2 aliphatic heterocycles. The summed E-state index contributed by atoms with van der Waals surface area (Å²) in [6.07, 6.45) is 26.0. The zero-order valence-corrected chi connectivity index (χ0v) is 46.0. The summed E-state index contributed by atoms with van der Waals surface area (Å²) in [6.45, 7) is 2.29. The van der Waals surface area contributed by atoms with Crippen molar-refractivity contribution in [2.45, 2.75) is 90.4 Å². The van der Waals surface area contributed by atoms with Gasteiger partial charge in [0.15, 0.2) is 0 Å². The molecule has 5 aromatic carbocycles. The number of aromatic nitrogens is 4. The van der Waals surface area contributed by atoms with Crippen molar-refractivity contribution >= 4 is 106 Å². The van der Waals surface area contributed by atoms with E-state index in [0.29, 0.717) is 0 Å². The molecule has 73 heavy (non-hydrogen) atoms. The van der Waals surface area contributed by atoms with Crippen LogP contribution in [0.25, 0.3) is 90.9 Å². The Morgan fingerprint density at radius 1 is 0.342 bits per heavy atom. The summed E-state index contributed by atoms with van der Waals surface area (Å²) in [4.78, 5) is 18.6. The van der Waals surface area contributed by atoms with E-state index in [0.717, 1.165) is 121 Å². The summed E-state index contributed by atoms with van der Waals surface area (Å²) in [6, 6.07) is 50.8. The number of unbranched alkanes of at least 4 members (excludes halogenated alkanes) is 11. The normalized spacial score (nSPS) is 12.1. The maximum atomic E-state index is 5.48. The molecular formula is C64H59Br3N6. The lowest BCUT2D eigenvalue weighted by Crippen LogP contribution is -1.89. The van der Waals surface area contributed by atoms with Crippen molar-refractivity contribution in [1.82, 2.24) is 19.9 Å². The fraction of sp³-hybridized carbons (Fsp3) is 0.219. The molecule has 0 saturated heterocycles. The molecular weight excluding hydrogens is 1090 g/mol. The van der Waals surface area contributed by atoms with Gasteiger partial charge in [-0.05, 0) is 150 Å². The van der Waals surface area contributed by atoms with Crippen LogP contribution in [0.2, 0.25) is 0 Å². The summed E-state index contributed by atoms with van der Waals surface area (Å²) < 4.78 is 3.03. The quantitative estimate of drug-likeness (QED) is 0.0625. The smallest absolute Gasteiger partial charge is 0.0857 e. The Balaban J connectivity index is 0.993. The molecule has 0 aliphatic carbocycles. The lowest BCUT2D eigenvalue weighted by atomic mass is 10.0. The standard InChI is InChI=1S/C64H59Br3N6/c1-2-3-4-5-6-7-8-9-10-11-12-13-14-43-15-31-51(32-16-43)72-73-52-33-23-47(24-34-52)64-59-41-39-57(70-59)62(45-19-27-49(66)28-20-45)55-37-35-53(68-55)61(44-17-25-48(65)26-18-44)54-36-38-56(69-54)63(58-40-42-60(64)71-58)46-21-29-50(67)30-22-46/h15-42,68,71H,2-14H2,1H3. The Labute approximate surface area is 454 Å². The van der Waals surface area contributed by atoms with Gasteiger partial charge < -0.3 is 9.97 Å². The summed E-state index contributed by atoms with van der Waals surface area (Å²) in [7, 11) is 0. The van der Waals surface area contributed by atoms with Gasteiger partial charge in [0, 0.05) is 57.7 Å². The molecule has 10 rings (SSSR count). The highest BCUT2D eigenvalue weighted by Crippen LogP contribution is 2.39. The zero-order valence-electron chi connectivity index (χ0n) is 41.3. The van der Waals surface area contributed by atoms with Crippen LogP contribution >= 0.6 is 47.8 Å². The van der Waals surface area contributed by atoms with E-state index in [1.165, 1.54) is 82.6 Å². The fourth-order valence-electron chi connectivity index (χ4n) is 9.98. The van der Waals surface area contributed by atoms with Crippen LogP contribution < -0.4 is 0 Å². The van der Waals surface area contributed by atoms with E-state index in [-0.39, 0.29) is 0 Å². The van der Waals surface area contributed by atoms with Crippen LogP contribution in [-0.2, 0) is 6.42 Å². The average Bonchev–Trinajstić information content (AvgIpc) is 4.27. The summed E-state index contributed by atoms with van der Waals surface area (Å²) >= 11 is 11.0. The molecule has 0 atom stereocenters. The molecule has 2 aliphatic rings. The molecule has 366 valence electrons. The van der Waals surface area contributed by atoms with Gasteiger partial charge in [0.1, 0.15) is 0 Å². The van der Waals surface area contributed by atoms with Gasteiger partial charge >= 0.3 is 0 Å². The van der Waals surface area contributed by atoms with Crippen LogP contribution in [0.4, 0.5) is 11.4 Å². The van der Waals surface area contributed by atoms with E-state index in [4.69, 9.17) is 9.97 Å². The Morgan fingerprint density at radius 2 is 0.630 bits per heavy atom. The largest absolute Gasteiger partial charge is 0.354 e. The molecule has 0 saturated carbocycles. The lowest BCUT2D eigenvalue weighted by Gasteiger charge is -2.07. The van der Waals surface area contributed by atoms with Gasteiger partial charge in [-0.25, -0.2) is 9.97 Å². The Morgan fingerprint density at radius 3 is 0.959 bits per heavy atom. The highest BCUT2D eigenvalue weighted by Gasteiger charge is 2.19. The number of aryl methyl sites for hydroxylation is 1. The summed E-state index contributed by atoms with van der Waals surface area (Å²) in [5.74, 6) is 0. The number of azo groups is 1. The topological polar surface area (TPSA) is 82.1 Å². The molecule has 0 spiro atoms. The third kappa shape index (κ3) is 12.4. The molecule has 0 unspecified atom stereocenters. The number of benzene rings is 5. The number of aromatic amines is 2. The van der Waals surface area contributed by atoms with Gasteiger partial charge in [0.25, 0.3) is 0 Å². The van der Waals surface area contributed by atoms with Crippen molar-refractivity contribution in [1.29, 1.82) is 0 Å². The predicted molar refractivity (Wildman–Crippen MR) is 319 cm³/mol. The van der Waals surface area contributed by atoms with Crippen LogP contribution in [0.1, 0.15) is 112 Å². The third-order valence-corrected chi connectivity index (χ3v) is 15.4. The monoisotopic (exact) mass is 1150 g/mol. The van der Waals surface area contributed by atoms with E-state index in [9.17, 15) is 0 Å². The number of H-pyrrole nitrogens is 2. The number of hydrogen-bond donors (Lipinski definition) is 2. The van der Waals surface area contributed by atoms with Gasteiger partial charge in [0.05, 0.1) is 34.2 Å². The highest BCUT2D eigenvalue weighted by molar-refractivity contribution is 9.11. The van der Waals surface area contributed by atoms with E-state index >= 15 is 0 Å². The molecule has 0 radical (unpaired) electrons. The molecule has 0 fully saturated rings. The molecule has 8 bridgehead atoms. The Hall–Kier alpha value is -6.26. The Kier molecular flexibility index (Phi) is 16.7. The number of fused-ring (bicyclic) bond motifs is 8. The predicted octanol–water partition coefficient (Wildman–Crippen LogP) is 21.3. The minimum Gasteiger partial charge on any atom is -0.354 e. The van der Waals surface area contributed by atoms with Crippen LogP contribution in [-0.4, -0.2) is 19.9 Å². The van der Waals surface area contributed by atoms with Crippen molar-refractivity contribution in [3.63, 3.8) is 0 Å². The first-order valence-corrected chi connectivity index (χ1v) is 28.3. The van der Waals surface area contributed by atoms with E-state index in [2.05, 4.69) is 233 Å². The zero-order chi connectivity index (χ0) is 49.9. The molecule has 9 heteroatoms. The van der Waals surface area contributed by atoms with Crippen LogP contribution in [0, 0.1) is 0 Å². The van der Waals surface area contributed by atoms with Crippen molar-refractivity contribution < 1.29 is 0 Å². The van der Waals surface area contributed by atoms with E-state index in [1.807, 2.05) is 12.1 Å². The SMILES string of the molecule is CCCCCCCCCCCCCCc1ccc(N=Nc2ccc(-c3c4nc(c(-c5ccc(Br)cc5)c5ccc([nH]5)c(-c5ccc(Br)cc5)c5nc(c(-c6ccc(Br)cc6)c6ccc3[nH]6)C=C5)C=C4)cc2)cc1. The molecule has 3 aromatic heterocycles. The second kappa shape index (κ2) is 24.2. The first-order valence-electron chi connectivity index (χ1n) is 25.9. The molecule has 0 amide bonds. The number of nitrogens with zero attached hydrogens (tertiary/aromatic N) is 4. The fourth-order valence-corrected chi connectivity index (χ4v) is 10.8. The maximum Gasteiger partial charge on any atom is 0.0857 e. The van der Waals surface area contributed by atoms with Crippen molar-refractivity contribution in [2.75, 3.05) is 0 Å². The average molecular weight is 1150 g/mol. The molecule has 5 heterocycles. The van der Waals surface area contributed by atoms with Gasteiger partial charge in [-0.3, -0.25) is 0 Å².